The van der Waals surface area contributed by atoms with Gasteiger partial charge in [0.05, 0.1) is 19.5 Å². The second-order valence-corrected chi connectivity index (χ2v) is 8.86. The first-order chi connectivity index (χ1) is 17.9. The van der Waals surface area contributed by atoms with E-state index in [0.717, 1.165) is 5.56 Å². The number of carboxylic acids is 1. The van der Waals surface area contributed by atoms with E-state index in [0.29, 0.717) is 18.1 Å². The molecule has 0 aliphatic carbocycles. The van der Waals surface area contributed by atoms with Gasteiger partial charge in [0, 0.05) is 30.7 Å². The summed E-state index contributed by atoms with van der Waals surface area (Å²) in [6, 6.07) is 5.37. The van der Waals surface area contributed by atoms with Gasteiger partial charge in [-0.05, 0) is 17.7 Å². The molecule has 1 aliphatic heterocycles. The summed E-state index contributed by atoms with van der Waals surface area (Å²) in [5, 5.41) is 11.8. The number of carboxylic acid groups (broad SMARTS) is 1. The monoisotopic (exact) mass is 559 g/mol. The Labute approximate surface area is 218 Å². The van der Waals surface area contributed by atoms with Crippen LogP contribution in [0, 0.1) is 23.3 Å². The number of nitrogens with one attached hydrogen (secondary N) is 1. The lowest BCUT2D eigenvalue weighted by Crippen LogP contribution is -2.54. The molecule has 2 amide bonds. The molecular weight excluding hydrogens is 538 g/mol. The molecule has 0 spiro atoms. The van der Waals surface area contributed by atoms with E-state index >= 15 is 0 Å². The fraction of sp³-hybridized carbons (Fsp3) is 0.333. The maximum atomic E-state index is 13.8. The van der Waals surface area contributed by atoms with Crippen molar-refractivity contribution in [2.45, 2.75) is 19.0 Å². The molecule has 1 aliphatic rings. The number of nitrogens with zero attached hydrogens (tertiary/aromatic N) is 2. The van der Waals surface area contributed by atoms with Crippen LogP contribution in [0.25, 0.3) is 0 Å². The minimum Gasteiger partial charge on any atom is -0.481 e. The van der Waals surface area contributed by atoms with E-state index < -0.39 is 72.3 Å². The molecule has 3 rings (SSSR count). The smallest absolute Gasteiger partial charge is 0.305 e. The minimum absolute atomic E-state index is 0.00639. The Hall–Kier alpha value is -3.71. The van der Waals surface area contributed by atoms with Gasteiger partial charge in [0.25, 0.3) is 0 Å². The molecule has 0 aromatic heterocycles. The molecule has 1 heterocycles. The third kappa shape index (κ3) is 7.65. The highest BCUT2D eigenvalue weighted by molar-refractivity contribution is 6.30. The average molecular weight is 560 g/mol. The van der Waals surface area contributed by atoms with Crippen LogP contribution in [0.2, 0.25) is 5.02 Å². The van der Waals surface area contributed by atoms with E-state index in [1.165, 1.54) is 4.90 Å². The van der Waals surface area contributed by atoms with Gasteiger partial charge >= 0.3 is 5.97 Å². The summed E-state index contributed by atoms with van der Waals surface area (Å²) in [7, 11) is 0. The first kappa shape index (κ1) is 28.9. The van der Waals surface area contributed by atoms with Crippen molar-refractivity contribution in [3.8, 4) is 5.75 Å². The van der Waals surface area contributed by atoms with E-state index in [-0.39, 0.29) is 25.1 Å². The molecule has 1 saturated heterocycles. The number of halogens is 5. The van der Waals surface area contributed by atoms with E-state index in [9.17, 15) is 36.7 Å². The molecule has 2 N–H and O–H groups in total. The summed E-state index contributed by atoms with van der Waals surface area (Å²) in [6.45, 7) is -0.609. The van der Waals surface area contributed by atoms with Crippen molar-refractivity contribution in [2.24, 2.45) is 0 Å². The molecule has 9 nitrogen and oxygen atoms in total. The predicted octanol–water partition coefficient (Wildman–Crippen LogP) is 2.15. The Morgan fingerprint density at radius 3 is 2.37 bits per heavy atom. The third-order valence-corrected chi connectivity index (χ3v) is 5.80. The van der Waals surface area contributed by atoms with Crippen LogP contribution in [-0.4, -0.2) is 77.3 Å². The zero-order valence-electron chi connectivity index (χ0n) is 19.7. The SMILES string of the molecule is O=C(O)C[C@H](NC(=O)CN1CCN(Cc2cccc(Cl)c2)CC1=O)C(=O)COc1c(F)c(F)cc(F)c1F. The van der Waals surface area contributed by atoms with Crippen LogP contribution in [-0.2, 0) is 25.7 Å². The summed E-state index contributed by atoms with van der Waals surface area (Å²) in [5.74, 6) is -12.7. The van der Waals surface area contributed by atoms with Crippen LogP contribution >= 0.6 is 11.6 Å². The Morgan fingerprint density at radius 1 is 1.08 bits per heavy atom. The lowest BCUT2D eigenvalue weighted by Gasteiger charge is -2.34. The quantitative estimate of drug-likeness (QED) is 0.320. The normalized spacial score (nSPS) is 14.8. The number of ketones is 1. The summed E-state index contributed by atoms with van der Waals surface area (Å²) in [4.78, 5) is 51.7. The lowest BCUT2D eigenvalue weighted by molar-refractivity contribution is -0.143. The summed E-state index contributed by atoms with van der Waals surface area (Å²) >= 11 is 5.97. The number of aliphatic carboxylic acids is 1. The highest BCUT2D eigenvalue weighted by Gasteiger charge is 2.29. The van der Waals surface area contributed by atoms with E-state index in [2.05, 4.69) is 10.1 Å². The van der Waals surface area contributed by atoms with E-state index in [4.69, 9.17) is 16.7 Å². The van der Waals surface area contributed by atoms with Crippen LogP contribution < -0.4 is 10.1 Å². The maximum absolute atomic E-state index is 13.8. The molecule has 1 atom stereocenters. The van der Waals surface area contributed by atoms with Gasteiger partial charge in [-0.2, -0.15) is 8.78 Å². The van der Waals surface area contributed by atoms with Gasteiger partial charge in [-0.25, -0.2) is 8.78 Å². The lowest BCUT2D eigenvalue weighted by atomic mass is 10.1. The summed E-state index contributed by atoms with van der Waals surface area (Å²) in [6.07, 6.45) is -0.919. The predicted molar refractivity (Wildman–Crippen MR) is 124 cm³/mol. The molecule has 14 heteroatoms. The number of hydrogen-bond acceptors (Lipinski definition) is 6. The summed E-state index contributed by atoms with van der Waals surface area (Å²) < 4.78 is 58.7. The Balaban J connectivity index is 1.56. The van der Waals surface area contributed by atoms with Gasteiger partial charge in [-0.15, -0.1) is 0 Å². The Morgan fingerprint density at radius 2 is 1.76 bits per heavy atom. The number of hydrogen-bond donors (Lipinski definition) is 2. The number of benzene rings is 2. The average Bonchev–Trinajstić information content (AvgIpc) is 2.83. The second-order valence-electron chi connectivity index (χ2n) is 8.43. The zero-order valence-corrected chi connectivity index (χ0v) is 20.4. The Kier molecular flexibility index (Phi) is 9.64. The van der Waals surface area contributed by atoms with Crippen LogP contribution in [0.1, 0.15) is 12.0 Å². The number of carbonyl (C=O) groups is 4. The highest BCUT2D eigenvalue weighted by atomic mass is 35.5. The molecule has 0 radical (unpaired) electrons. The molecule has 2 aromatic rings. The molecule has 204 valence electrons. The standard InChI is InChI=1S/C24H22ClF4N3O6/c25-14-3-1-2-13(6-14)9-31-4-5-32(20(35)11-31)10-19(34)30-17(8-21(36)37)18(33)12-38-24-22(28)15(26)7-16(27)23(24)29/h1-3,6-7,17H,4-5,8-12H2,(H,30,34)(H,36,37)/t17-/m0/s1. The first-order valence-corrected chi connectivity index (χ1v) is 11.6. The first-order valence-electron chi connectivity index (χ1n) is 11.2. The number of rotatable bonds is 11. The van der Waals surface area contributed by atoms with Crippen LogP contribution in [0.15, 0.2) is 30.3 Å². The van der Waals surface area contributed by atoms with Crippen molar-refractivity contribution < 1.29 is 46.6 Å². The highest BCUT2D eigenvalue weighted by Crippen LogP contribution is 2.26. The van der Waals surface area contributed by atoms with Gasteiger partial charge in [0.1, 0.15) is 12.6 Å². The van der Waals surface area contributed by atoms with Gasteiger partial charge < -0.3 is 20.1 Å². The fourth-order valence-electron chi connectivity index (χ4n) is 3.71. The topological polar surface area (TPSA) is 116 Å². The minimum atomic E-state index is -1.89. The largest absolute Gasteiger partial charge is 0.481 e. The van der Waals surface area contributed by atoms with E-state index in [1.807, 2.05) is 11.0 Å². The molecule has 38 heavy (non-hydrogen) atoms. The van der Waals surface area contributed by atoms with Gasteiger partial charge in [-0.1, -0.05) is 23.7 Å². The number of Topliss-reactive ketones (excluding diaryl/α,β-unsaturated/α-hetero) is 1. The van der Waals surface area contributed by atoms with Crippen molar-refractivity contribution in [3.63, 3.8) is 0 Å². The zero-order chi connectivity index (χ0) is 28.0. The second kappa shape index (κ2) is 12.7. The van der Waals surface area contributed by atoms with Crippen molar-refractivity contribution in [3.05, 3.63) is 64.2 Å². The maximum Gasteiger partial charge on any atom is 0.305 e. The number of amides is 2. The van der Waals surface area contributed by atoms with Crippen molar-refractivity contribution in [2.75, 3.05) is 32.8 Å². The van der Waals surface area contributed by atoms with Gasteiger partial charge in [0.2, 0.25) is 23.4 Å². The van der Waals surface area contributed by atoms with Crippen molar-refractivity contribution in [1.29, 1.82) is 0 Å². The Bertz CT molecular complexity index is 1220. The molecule has 0 bridgehead atoms. The van der Waals surface area contributed by atoms with Crippen LogP contribution in [0.4, 0.5) is 17.6 Å². The fourth-order valence-corrected chi connectivity index (χ4v) is 3.92. The van der Waals surface area contributed by atoms with Gasteiger partial charge in [0.15, 0.2) is 23.2 Å². The third-order valence-electron chi connectivity index (χ3n) is 5.56. The molecule has 2 aromatic carbocycles. The van der Waals surface area contributed by atoms with E-state index in [1.54, 1.807) is 18.2 Å². The number of carbonyl (C=O) groups excluding carboxylic acids is 3. The molecule has 0 saturated carbocycles. The van der Waals surface area contributed by atoms with Crippen LogP contribution in [0.3, 0.4) is 0 Å². The molecule has 1 fully saturated rings. The van der Waals surface area contributed by atoms with Crippen LogP contribution in [0.5, 0.6) is 5.75 Å². The molecule has 0 unspecified atom stereocenters. The summed E-state index contributed by atoms with van der Waals surface area (Å²) in [5.41, 5.74) is 0.898. The molecular formula is C24H22ClF4N3O6. The van der Waals surface area contributed by atoms with Gasteiger partial charge in [-0.3, -0.25) is 24.1 Å². The number of ether oxygens (including phenoxy) is 1. The van der Waals surface area contributed by atoms with Crippen molar-refractivity contribution in [1.82, 2.24) is 15.1 Å². The van der Waals surface area contributed by atoms with Crippen molar-refractivity contribution >= 4 is 35.2 Å². The number of piperazine rings is 1.